The Kier molecular flexibility index (Phi) is 4.86. The van der Waals surface area contributed by atoms with Crippen LogP contribution in [0.25, 0.3) is 0 Å². The van der Waals surface area contributed by atoms with E-state index in [2.05, 4.69) is 15.9 Å². The van der Waals surface area contributed by atoms with E-state index < -0.39 is 4.92 Å². The summed E-state index contributed by atoms with van der Waals surface area (Å²) in [6.07, 6.45) is 0. The third-order valence-corrected chi connectivity index (χ3v) is 3.68. The van der Waals surface area contributed by atoms with Gasteiger partial charge >= 0.3 is 0 Å². The van der Waals surface area contributed by atoms with E-state index in [1.54, 1.807) is 12.1 Å². The van der Waals surface area contributed by atoms with Crippen LogP contribution in [0.1, 0.15) is 5.56 Å². The topological polar surface area (TPSA) is 52.4 Å². The summed E-state index contributed by atoms with van der Waals surface area (Å²) >= 11 is 15.3. The second kappa shape index (κ2) is 6.43. The lowest BCUT2D eigenvalue weighted by Crippen LogP contribution is -1.98. The van der Waals surface area contributed by atoms with E-state index in [0.29, 0.717) is 10.0 Å². The van der Waals surface area contributed by atoms with Gasteiger partial charge in [-0.2, -0.15) is 0 Å². The lowest BCUT2D eigenvalue weighted by atomic mass is 10.2. The summed E-state index contributed by atoms with van der Waals surface area (Å²) < 4.78 is 6.36. The Morgan fingerprint density at radius 3 is 2.55 bits per heavy atom. The van der Waals surface area contributed by atoms with Crippen LogP contribution in [0.3, 0.4) is 0 Å². The van der Waals surface area contributed by atoms with Crippen molar-refractivity contribution < 1.29 is 9.66 Å². The highest BCUT2D eigenvalue weighted by Gasteiger charge is 2.11. The number of non-ortho nitro benzene ring substituents is 1. The van der Waals surface area contributed by atoms with Gasteiger partial charge < -0.3 is 4.74 Å². The predicted octanol–water partition coefficient (Wildman–Crippen LogP) is 5.24. The number of nitro benzene ring substituents is 1. The van der Waals surface area contributed by atoms with Gasteiger partial charge in [0.2, 0.25) is 0 Å². The van der Waals surface area contributed by atoms with Crippen molar-refractivity contribution in [1.29, 1.82) is 0 Å². The first-order valence-electron chi connectivity index (χ1n) is 5.48. The molecule has 4 nitrogen and oxygen atoms in total. The van der Waals surface area contributed by atoms with Crippen LogP contribution >= 0.6 is 39.1 Å². The van der Waals surface area contributed by atoms with E-state index in [1.165, 1.54) is 18.2 Å². The van der Waals surface area contributed by atoms with Gasteiger partial charge in [0.25, 0.3) is 5.69 Å². The molecular formula is C13H8BrCl2NO3. The summed E-state index contributed by atoms with van der Waals surface area (Å²) in [4.78, 5) is 10.2. The molecule has 0 aliphatic rings. The van der Waals surface area contributed by atoms with Gasteiger partial charge in [-0.3, -0.25) is 10.1 Å². The van der Waals surface area contributed by atoms with Gasteiger partial charge in [0.15, 0.2) is 0 Å². The first-order valence-corrected chi connectivity index (χ1v) is 7.03. The molecule has 0 atom stereocenters. The molecule has 7 heteroatoms. The van der Waals surface area contributed by atoms with E-state index in [1.807, 2.05) is 6.07 Å². The zero-order valence-electron chi connectivity index (χ0n) is 9.98. The molecule has 0 aliphatic carbocycles. The summed E-state index contributed by atoms with van der Waals surface area (Å²) in [5, 5.41) is 11.6. The Balaban J connectivity index is 2.18. The molecule has 0 saturated carbocycles. The van der Waals surface area contributed by atoms with Crippen LogP contribution in [0, 0.1) is 10.1 Å². The smallest absolute Gasteiger partial charge is 0.273 e. The van der Waals surface area contributed by atoms with E-state index in [0.717, 1.165) is 10.0 Å². The SMILES string of the molecule is O=[N+]([O-])c1ccc(Cl)c(OCc2ccc(Br)cc2Cl)c1. The monoisotopic (exact) mass is 375 g/mol. The van der Waals surface area contributed by atoms with Crippen LogP contribution < -0.4 is 4.74 Å². The predicted molar refractivity (Wildman–Crippen MR) is 81.6 cm³/mol. The summed E-state index contributed by atoms with van der Waals surface area (Å²) in [5.74, 6) is 0.250. The van der Waals surface area contributed by atoms with Crippen LogP contribution in [0.15, 0.2) is 40.9 Å². The molecule has 20 heavy (non-hydrogen) atoms. The van der Waals surface area contributed by atoms with Crippen molar-refractivity contribution in [3.05, 3.63) is 66.6 Å². The minimum Gasteiger partial charge on any atom is -0.487 e. The van der Waals surface area contributed by atoms with Crippen molar-refractivity contribution >= 4 is 44.8 Å². The average molecular weight is 377 g/mol. The molecule has 0 fully saturated rings. The van der Waals surface area contributed by atoms with Crippen LogP contribution in [0.2, 0.25) is 10.0 Å². The summed E-state index contributed by atoms with van der Waals surface area (Å²) in [6.45, 7) is 0.174. The van der Waals surface area contributed by atoms with Crippen molar-refractivity contribution in [3.63, 3.8) is 0 Å². The molecule has 0 N–H and O–H groups in total. The quantitative estimate of drug-likeness (QED) is 0.541. The minimum absolute atomic E-state index is 0.0775. The maximum Gasteiger partial charge on any atom is 0.273 e. The van der Waals surface area contributed by atoms with Crippen LogP contribution in [0.5, 0.6) is 5.75 Å². The fourth-order valence-corrected chi connectivity index (χ4v) is 2.41. The molecule has 0 saturated heterocycles. The van der Waals surface area contributed by atoms with Gasteiger partial charge in [-0.05, 0) is 18.2 Å². The van der Waals surface area contributed by atoms with Gasteiger partial charge in [0.05, 0.1) is 16.0 Å². The Morgan fingerprint density at radius 1 is 1.15 bits per heavy atom. The highest BCUT2D eigenvalue weighted by Crippen LogP contribution is 2.30. The molecular weight excluding hydrogens is 369 g/mol. The van der Waals surface area contributed by atoms with Crippen LogP contribution in [-0.4, -0.2) is 4.92 Å². The molecule has 0 aliphatic heterocycles. The van der Waals surface area contributed by atoms with Crippen molar-refractivity contribution in [2.45, 2.75) is 6.61 Å². The Bertz CT molecular complexity index is 664. The lowest BCUT2D eigenvalue weighted by molar-refractivity contribution is -0.384. The first kappa shape index (κ1) is 15.1. The van der Waals surface area contributed by atoms with E-state index in [9.17, 15) is 10.1 Å². The summed E-state index contributed by atoms with van der Waals surface area (Å²) in [6, 6.07) is 9.42. The highest BCUT2D eigenvalue weighted by atomic mass is 79.9. The zero-order valence-corrected chi connectivity index (χ0v) is 13.1. The van der Waals surface area contributed by atoms with Gasteiger partial charge in [-0.1, -0.05) is 45.2 Å². The second-order valence-electron chi connectivity index (χ2n) is 3.90. The maximum absolute atomic E-state index is 10.7. The number of hydrogen-bond acceptors (Lipinski definition) is 3. The van der Waals surface area contributed by atoms with Gasteiger partial charge in [0, 0.05) is 21.1 Å². The maximum atomic E-state index is 10.7. The number of nitro groups is 1. The molecule has 0 bridgehead atoms. The van der Waals surface area contributed by atoms with Crippen molar-refractivity contribution in [1.82, 2.24) is 0 Å². The fraction of sp³-hybridized carbons (Fsp3) is 0.0769. The minimum atomic E-state index is -0.504. The number of hydrogen-bond donors (Lipinski definition) is 0. The Morgan fingerprint density at radius 2 is 1.90 bits per heavy atom. The number of halogens is 3. The second-order valence-corrected chi connectivity index (χ2v) is 5.63. The third kappa shape index (κ3) is 3.62. The summed E-state index contributed by atoms with van der Waals surface area (Å²) in [7, 11) is 0. The van der Waals surface area contributed by atoms with Crippen LogP contribution in [-0.2, 0) is 6.61 Å². The molecule has 0 aromatic heterocycles. The zero-order chi connectivity index (χ0) is 14.7. The molecule has 104 valence electrons. The fourth-order valence-electron chi connectivity index (χ4n) is 1.51. The Labute approximate surface area is 133 Å². The normalized spacial score (nSPS) is 10.3. The number of nitrogens with zero attached hydrogens (tertiary/aromatic N) is 1. The molecule has 0 spiro atoms. The molecule has 0 heterocycles. The molecule has 0 amide bonds. The molecule has 2 rings (SSSR count). The van der Waals surface area contributed by atoms with E-state index in [-0.39, 0.29) is 18.0 Å². The molecule has 0 unspecified atom stereocenters. The van der Waals surface area contributed by atoms with E-state index in [4.69, 9.17) is 27.9 Å². The van der Waals surface area contributed by atoms with Crippen molar-refractivity contribution in [2.75, 3.05) is 0 Å². The molecule has 0 radical (unpaired) electrons. The number of benzene rings is 2. The third-order valence-electron chi connectivity index (χ3n) is 2.52. The van der Waals surface area contributed by atoms with Gasteiger partial charge in [0.1, 0.15) is 12.4 Å². The standard InChI is InChI=1S/C13H8BrCl2NO3/c14-9-2-1-8(12(16)5-9)7-20-13-6-10(17(18)19)3-4-11(13)15/h1-6H,7H2. The van der Waals surface area contributed by atoms with Crippen LogP contribution in [0.4, 0.5) is 5.69 Å². The van der Waals surface area contributed by atoms with Gasteiger partial charge in [-0.15, -0.1) is 0 Å². The number of rotatable bonds is 4. The largest absolute Gasteiger partial charge is 0.487 e. The highest BCUT2D eigenvalue weighted by molar-refractivity contribution is 9.10. The first-order chi connectivity index (χ1) is 9.47. The number of ether oxygens (including phenoxy) is 1. The van der Waals surface area contributed by atoms with E-state index >= 15 is 0 Å². The Hall–Kier alpha value is -1.30. The average Bonchev–Trinajstić information content (AvgIpc) is 2.39. The molecule has 2 aromatic carbocycles. The summed E-state index contributed by atoms with van der Waals surface area (Å²) in [5.41, 5.74) is 0.684. The van der Waals surface area contributed by atoms with Crippen molar-refractivity contribution in [3.8, 4) is 5.75 Å². The van der Waals surface area contributed by atoms with Gasteiger partial charge in [-0.25, -0.2) is 0 Å². The van der Waals surface area contributed by atoms with Crippen molar-refractivity contribution in [2.24, 2.45) is 0 Å². The molecule has 2 aromatic rings. The lowest BCUT2D eigenvalue weighted by Gasteiger charge is -2.09.